The van der Waals surface area contributed by atoms with Crippen molar-refractivity contribution in [2.45, 2.75) is 6.92 Å². The third kappa shape index (κ3) is 2.37. The summed E-state index contributed by atoms with van der Waals surface area (Å²) in [5, 5.41) is 0. The van der Waals surface area contributed by atoms with E-state index >= 15 is 0 Å². The summed E-state index contributed by atoms with van der Waals surface area (Å²) in [6.07, 6.45) is 4.32. The highest BCUT2D eigenvalue weighted by Crippen LogP contribution is 1.80. The summed E-state index contributed by atoms with van der Waals surface area (Å²) in [5.74, 6) is 0. The SMILES string of the molecule is CC[NH+]1C=CN(C)C1.[Br-]. The van der Waals surface area contributed by atoms with Gasteiger partial charge in [-0.2, -0.15) is 0 Å². The number of nitrogens with one attached hydrogen (secondary N) is 1. The first-order chi connectivity index (χ1) is 3.83. The van der Waals surface area contributed by atoms with Crippen LogP contribution in [-0.4, -0.2) is 25.2 Å². The second kappa shape index (κ2) is 3.90. The molecular weight excluding hydrogens is 180 g/mol. The van der Waals surface area contributed by atoms with E-state index in [1.54, 1.807) is 0 Å². The Hall–Kier alpha value is -0.0200. The van der Waals surface area contributed by atoms with Gasteiger partial charge in [0.05, 0.1) is 12.7 Å². The molecule has 0 spiro atoms. The van der Waals surface area contributed by atoms with Gasteiger partial charge in [0.25, 0.3) is 0 Å². The molecule has 0 amide bonds. The first-order valence-corrected chi connectivity index (χ1v) is 3.06. The molecule has 0 aromatic rings. The second-order valence-electron chi connectivity index (χ2n) is 2.24. The molecule has 1 aliphatic heterocycles. The highest BCUT2D eigenvalue weighted by atomic mass is 79.9. The number of halogens is 1. The predicted molar refractivity (Wildman–Crippen MR) is 33.3 cm³/mol. The minimum Gasteiger partial charge on any atom is -1.00 e. The second-order valence-corrected chi connectivity index (χ2v) is 2.24. The van der Waals surface area contributed by atoms with Gasteiger partial charge in [-0.05, 0) is 6.92 Å². The number of quaternary nitrogens is 1. The maximum Gasteiger partial charge on any atom is 0.156 e. The van der Waals surface area contributed by atoms with E-state index in [0.29, 0.717) is 0 Å². The standard InChI is InChI=1S/C6H12N2.BrH/c1-3-8-5-4-7(2)6-8;/h4-5H,3,6H2,1-2H3;1H. The number of hydrogen-bond acceptors (Lipinski definition) is 1. The van der Waals surface area contributed by atoms with E-state index in [0.717, 1.165) is 6.67 Å². The molecule has 54 valence electrons. The maximum absolute atomic E-state index is 2.19. The Morgan fingerprint density at radius 1 is 1.67 bits per heavy atom. The molecule has 0 aliphatic carbocycles. The molecule has 0 fully saturated rings. The average molecular weight is 193 g/mol. The van der Waals surface area contributed by atoms with Gasteiger partial charge >= 0.3 is 0 Å². The Morgan fingerprint density at radius 3 is 2.56 bits per heavy atom. The third-order valence-corrected chi connectivity index (χ3v) is 1.47. The fourth-order valence-corrected chi connectivity index (χ4v) is 0.888. The van der Waals surface area contributed by atoms with Crippen LogP contribution in [0.5, 0.6) is 0 Å². The van der Waals surface area contributed by atoms with Gasteiger partial charge in [-0.3, -0.25) is 4.90 Å². The Bertz CT molecular complexity index is 103. The lowest BCUT2D eigenvalue weighted by molar-refractivity contribution is -0.846. The van der Waals surface area contributed by atoms with Crippen molar-refractivity contribution in [1.29, 1.82) is 0 Å². The predicted octanol–water partition coefficient (Wildman–Crippen LogP) is -3.73. The molecule has 0 radical (unpaired) electrons. The number of nitrogens with zero attached hydrogens (tertiary/aromatic N) is 1. The normalized spacial score (nSPS) is 24.2. The summed E-state index contributed by atoms with van der Waals surface area (Å²) in [4.78, 5) is 3.73. The maximum atomic E-state index is 2.19. The largest absolute Gasteiger partial charge is 1.00 e. The van der Waals surface area contributed by atoms with E-state index in [4.69, 9.17) is 0 Å². The topological polar surface area (TPSA) is 7.68 Å². The van der Waals surface area contributed by atoms with Crippen LogP contribution < -0.4 is 21.9 Å². The molecular formula is C6H13BrN2. The first-order valence-electron chi connectivity index (χ1n) is 3.06. The molecule has 0 saturated carbocycles. The van der Waals surface area contributed by atoms with Crippen LogP contribution in [-0.2, 0) is 0 Å². The van der Waals surface area contributed by atoms with Gasteiger partial charge in [-0.15, -0.1) is 0 Å². The minimum atomic E-state index is 0. The highest BCUT2D eigenvalue weighted by molar-refractivity contribution is 4.73. The van der Waals surface area contributed by atoms with Crippen molar-refractivity contribution in [3.8, 4) is 0 Å². The summed E-state index contributed by atoms with van der Waals surface area (Å²) < 4.78 is 0. The molecule has 2 nitrogen and oxygen atoms in total. The van der Waals surface area contributed by atoms with E-state index in [1.807, 2.05) is 0 Å². The van der Waals surface area contributed by atoms with E-state index in [9.17, 15) is 0 Å². The molecule has 0 bridgehead atoms. The van der Waals surface area contributed by atoms with Crippen LogP contribution in [0, 0.1) is 0 Å². The molecule has 3 heteroatoms. The molecule has 1 N–H and O–H groups in total. The first kappa shape index (κ1) is 8.98. The quantitative estimate of drug-likeness (QED) is 0.450. The Morgan fingerprint density at radius 2 is 2.33 bits per heavy atom. The van der Waals surface area contributed by atoms with Crippen molar-refractivity contribution in [1.82, 2.24) is 4.90 Å². The molecule has 1 atom stereocenters. The van der Waals surface area contributed by atoms with Crippen LogP contribution in [0.1, 0.15) is 6.92 Å². The molecule has 1 aliphatic rings. The number of rotatable bonds is 1. The third-order valence-electron chi connectivity index (χ3n) is 1.47. The van der Waals surface area contributed by atoms with Crippen molar-refractivity contribution in [2.24, 2.45) is 0 Å². The molecule has 1 unspecified atom stereocenters. The van der Waals surface area contributed by atoms with Gasteiger partial charge in [0.2, 0.25) is 0 Å². The lowest BCUT2D eigenvalue weighted by atomic mass is 10.6. The average Bonchev–Trinajstić information content (AvgIpc) is 2.14. The minimum absolute atomic E-state index is 0. The Labute approximate surface area is 66.9 Å². The van der Waals surface area contributed by atoms with Crippen molar-refractivity contribution in [2.75, 3.05) is 20.3 Å². The monoisotopic (exact) mass is 192 g/mol. The highest BCUT2D eigenvalue weighted by Gasteiger charge is 2.09. The molecule has 0 aromatic heterocycles. The zero-order valence-corrected chi connectivity index (χ0v) is 7.48. The van der Waals surface area contributed by atoms with E-state index in [1.165, 1.54) is 11.4 Å². The van der Waals surface area contributed by atoms with Crippen molar-refractivity contribution >= 4 is 0 Å². The van der Waals surface area contributed by atoms with Crippen LogP contribution in [0.2, 0.25) is 0 Å². The van der Waals surface area contributed by atoms with Crippen molar-refractivity contribution in [3.63, 3.8) is 0 Å². The zero-order valence-electron chi connectivity index (χ0n) is 5.89. The van der Waals surface area contributed by atoms with Crippen molar-refractivity contribution in [3.05, 3.63) is 12.4 Å². The van der Waals surface area contributed by atoms with Crippen LogP contribution in [0.25, 0.3) is 0 Å². The Balaban J connectivity index is 0.000000640. The fourth-order valence-electron chi connectivity index (χ4n) is 0.888. The van der Waals surface area contributed by atoms with Crippen LogP contribution in [0.15, 0.2) is 12.4 Å². The lowest BCUT2D eigenvalue weighted by Crippen LogP contribution is -3.06. The molecule has 0 aromatic carbocycles. The van der Waals surface area contributed by atoms with Gasteiger partial charge in [0.15, 0.2) is 6.67 Å². The molecule has 9 heavy (non-hydrogen) atoms. The molecule has 1 rings (SSSR count). The van der Waals surface area contributed by atoms with Gasteiger partial charge in [0.1, 0.15) is 6.20 Å². The van der Waals surface area contributed by atoms with Gasteiger partial charge < -0.3 is 21.9 Å². The fraction of sp³-hybridized carbons (Fsp3) is 0.667. The van der Waals surface area contributed by atoms with Gasteiger partial charge in [-0.1, -0.05) is 0 Å². The summed E-state index contributed by atoms with van der Waals surface area (Å²) in [7, 11) is 2.10. The summed E-state index contributed by atoms with van der Waals surface area (Å²) in [6, 6.07) is 0. The Kier molecular flexibility index (Phi) is 3.89. The summed E-state index contributed by atoms with van der Waals surface area (Å²) in [5.41, 5.74) is 0. The molecule has 1 heterocycles. The smallest absolute Gasteiger partial charge is 0.156 e. The summed E-state index contributed by atoms with van der Waals surface area (Å²) in [6.45, 7) is 4.52. The van der Waals surface area contributed by atoms with E-state index in [2.05, 4.69) is 31.3 Å². The van der Waals surface area contributed by atoms with Crippen LogP contribution in [0.4, 0.5) is 0 Å². The lowest BCUT2D eigenvalue weighted by Gasteiger charge is -2.09. The molecule has 0 saturated heterocycles. The van der Waals surface area contributed by atoms with E-state index < -0.39 is 0 Å². The van der Waals surface area contributed by atoms with Gasteiger partial charge in [0, 0.05) is 7.05 Å². The van der Waals surface area contributed by atoms with E-state index in [-0.39, 0.29) is 17.0 Å². The number of hydrogen-bond donors (Lipinski definition) is 1. The van der Waals surface area contributed by atoms with Crippen molar-refractivity contribution < 1.29 is 21.9 Å². The van der Waals surface area contributed by atoms with Gasteiger partial charge in [-0.25, -0.2) is 0 Å². The van der Waals surface area contributed by atoms with Crippen LogP contribution in [0.3, 0.4) is 0 Å². The zero-order chi connectivity index (χ0) is 5.98. The van der Waals surface area contributed by atoms with Crippen LogP contribution >= 0.6 is 0 Å². The summed E-state index contributed by atoms with van der Waals surface area (Å²) >= 11 is 0.